The van der Waals surface area contributed by atoms with Crippen molar-refractivity contribution in [3.05, 3.63) is 107 Å². The molecule has 3 aromatic rings. The van der Waals surface area contributed by atoms with E-state index in [4.69, 9.17) is 10.5 Å². The molecule has 1 atom stereocenters. The molecule has 196 valence electrons. The number of anilines is 1. The Bertz CT molecular complexity index is 1420. The number of phenolic OH excluding ortho intramolecular Hbond substituents is 1. The highest BCUT2D eigenvalue weighted by Crippen LogP contribution is 2.37. The second-order valence-electron chi connectivity index (χ2n) is 9.53. The van der Waals surface area contributed by atoms with Crippen molar-refractivity contribution in [2.24, 2.45) is 0 Å². The fourth-order valence-corrected chi connectivity index (χ4v) is 4.70. The van der Waals surface area contributed by atoms with Gasteiger partial charge in [-0.25, -0.2) is 9.37 Å². The lowest BCUT2D eigenvalue weighted by Gasteiger charge is -2.26. The number of pyridine rings is 1. The van der Waals surface area contributed by atoms with E-state index < -0.39 is 6.10 Å². The van der Waals surface area contributed by atoms with Gasteiger partial charge in [-0.2, -0.15) is 0 Å². The van der Waals surface area contributed by atoms with E-state index in [-0.39, 0.29) is 23.3 Å². The molecule has 0 saturated carbocycles. The standard InChI is InChI=1S/C31H32FN3O3/c1-18-15-19(2)29(32)20(3)28(18)21(4)38-27-16-25(17-35-30(27)33)23-7-9-24(10-8-23)31(37)34-14-13-22-5-11-26(36)12-6-22/h5-12,16-17,21,36H,2,13-15H2,1,3-4H3,(H2,33,35)(H,34,37). The average Bonchev–Trinajstić information content (AvgIpc) is 2.90. The first-order chi connectivity index (χ1) is 18.1. The molecule has 0 aliphatic heterocycles. The molecule has 1 aliphatic rings. The molecule has 4 rings (SSSR count). The topological polar surface area (TPSA) is 97.5 Å². The van der Waals surface area contributed by atoms with Crippen LogP contribution in [0.5, 0.6) is 11.5 Å². The van der Waals surface area contributed by atoms with Crippen LogP contribution in [0.25, 0.3) is 11.1 Å². The van der Waals surface area contributed by atoms with Gasteiger partial charge in [-0.05, 0) is 91.8 Å². The molecule has 0 bridgehead atoms. The predicted molar refractivity (Wildman–Crippen MR) is 149 cm³/mol. The predicted octanol–water partition coefficient (Wildman–Crippen LogP) is 6.30. The minimum atomic E-state index is -0.430. The number of amides is 1. The molecule has 0 saturated heterocycles. The second kappa shape index (κ2) is 11.3. The summed E-state index contributed by atoms with van der Waals surface area (Å²) in [6.07, 6.45) is 2.35. The Balaban J connectivity index is 1.43. The smallest absolute Gasteiger partial charge is 0.251 e. The van der Waals surface area contributed by atoms with Crippen molar-refractivity contribution in [2.45, 2.75) is 39.7 Å². The largest absolute Gasteiger partial charge is 0.508 e. The number of benzene rings is 2. The number of hydrogen-bond donors (Lipinski definition) is 3. The molecule has 1 aliphatic carbocycles. The number of hydrogen-bond acceptors (Lipinski definition) is 5. The first kappa shape index (κ1) is 26.7. The van der Waals surface area contributed by atoms with Crippen molar-refractivity contribution >= 4 is 11.7 Å². The van der Waals surface area contributed by atoms with Crippen molar-refractivity contribution in [1.29, 1.82) is 0 Å². The van der Waals surface area contributed by atoms with Gasteiger partial charge in [-0.15, -0.1) is 0 Å². The summed E-state index contributed by atoms with van der Waals surface area (Å²) < 4.78 is 20.7. The van der Waals surface area contributed by atoms with Crippen molar-refractivity contribution in [1.82, 2.24) is 10.3 Å². The molecule has 0 spiro atoms. The maximum Gasteiger partial charge on any atom is 0.251 e. The number of nitrogens with one attached hydrogen (secondary N) is 1. The summed E-state index contributed by atoms with van der Waals surface area (Å²) in [5, 5.41) is 12.3. The highest BCUT2D eigenvalue weighted by atomic mass is 19.1. The van der Waals surface area contributed by atoms with Crippen molar-refractivity contribution in [2.75, 3.05) is 12.3 Å². The molecule has 2 aromatic carbocycles. The molecule has 1 amide bonds. The third-order valence-electron chi connectivity index (χ3n) is 6.69. The first-order valence-electron chi connectivity index (χ1n) is 12.5. The van der Waals surface area contributed by atoms with Crippen LogP contribution < -0.4 is 15.8 Å². The van der Waals surface area contributed by atoms with E-state index in [9.17, 15) is 14.3 Å². The molecule has 0 radical (unpaired) electrons. The fourth-order valence-electron chi connectivity index (χ4n) is 4.70. The fraction of sp³-hybridized carbons (Fsp3) is 0.226. The number of aromatic nitrogens is 1. The normalized spacial score (nSPS) is 14.5. The minimum Gasteiger partial charge on any atom is -0.508 e. The Labute approximate surface area is 222 Å². The number of carbonyl (C=O) groups excluding carboxylic acids is 1. The summed E-state index contributed by atoms with van der Waals surface area (Å²) in [5.41, 5.74) is 12.1. The Morgan fingerprint density at radius 2 is 1.84 bits per heavy atom. The third-order valence-corrected chi connectivity index (χ3v) is 6.69. The summed E-state index contributed by atoms with van der Waals surface area (Å²) in [6, 6.07) is 15.9. The van der Waals surface area contributed by atoms with Gasteiger partial charge in [-0.1, -0.05) is 36.4 Å². The van der Waals surface area contributed by atoms with Crippen LogP contribution in [-0.4, -0.2) is 28.6 Å². The monoisotopic (exact) mass is 513 g/mol. The Morgan fingerprint density at radius 3 is 2.53 bits per heavy atom. The van der Waals surface area contributed by atoms with E-state index in [0.29, 0.717) is 41.8 Å². The summed E-state index contributed by atoms with van der Waals surface area (Å²) in [6.45, 7) is 9.85. The number of nitrogen functional groups attached to an aromatic ring is 1. The van der Waals surface area contributed by atoms with Gasteiger partial charge in [0.2, 0.25) is 0 Å². The lowest BCUT2D eigenvalue weighted by molar-refractivity contribution is 0.0954. The van der Waals surface area contributed by atoms with Crippen molar-refractivity contribution in [3.8, 4) is 22.6 Å². The van der Waals surface area contributed by atoms with Gasteiger partial charge < -0.3 is 20.9 Å². The quantitative estimate of drug-likeness (QED) is 0.329. The van der Waals surface area contributed by atoms with E-state index in [1.165, 1.54) is 0 Å². The highest BCUT2D eigenvalue weighted by Gasteiger charge is 2.25. The third kappa shape index (κ3) is 5.94. The Kier molecular flexibility index (Phi) is 7.96. The number of carbonyl (C=O) groups is 1. The number of phenols is 1. The van der Waals surface area contributed by atoms with Crippen LogP contribution in [0, 0.1) is 0 Å². The summed E-state index contributed by atoms with van der Waals surface area (Å²) in [7, 11) is 0. The molecule has 38 heavy (non-hydrogen) atoms. The number of rotatable bonds is 8. The molecule has 7 heteroatoms. The zero-order valence-electron chi connectivity index (χ0n) is 21.8. The maximum atomic E-state index is 14.5. The molecule has 1 aromatic heterocycles. The van der Waals surface area contributed by atoms with Crippen LogP contribution in [0.3, 0.4) is 0 Å². The van der Waals surface area contributed by atoms with Crippen LogP contribution >= 0.6 is 0 Å². The van der Waals surface area contributed by atoms with E-state index >= 15 is 0 Å². The average molecular weight is 514 g/mol. The van der Waals surface area contributed by atoms with Crippen LogP contribution in [0.4, 0.5) is 10.2 Å². The van der Waals surface area contributed by atoms with E-state index in [2.05, 4.69) is 16.9 Å². The summed E-state index contributed by atoms with van der Waals surface area (Å²) in [4.78, 5) is 16.9. The minimum absolute atomic E-state index is 0.168. The molecule has 4 N–H and O–H groups in total. The van der Waals surface area contributed by atoms with E-state index in [0.717, 1.165) is 27.8 Å². The molecule has 6 nitrogen and oxygen atoms in total. The highest BCUT2D eigenvalue weighted by molar-refractivity contribution is 5.94. The first-order valence-corrected chi connectivity index (χ1v) is 12.5. The number of nitrogens with two attached hydrogens (primary N) is 1. The zero-order valence-corrected chi connectivity index (χ0v) is 21.8. The van der Waals surface area contributed by atoms with Crippen LogP contribution in [0.15, 0.2) is 95.5 Å². The second-order valence-corrected chi connectivity index (χ2v) is 9.53. The molecule has 1 heterocycles. The SMILES string of the molecule is C=C1CC(C)=C(C(C)Oc2cc(-c3ccc(C(=O)NCCc4ccc(O)cc4)cc3)cnc2N)C(C)=C1F. The van der Waals surface area contributed by atoms with Gasteiger partial charge in [0.25, 0.3) is 5.91 Å². The van der Waals surface area contributed by atoms with Gasteiger partial charge >= 0.3 is 0 Å². The zero-order chi connectivity index (χ0) is 27.4. The van der Waals surface area contributed by atoms with Gasteiger partial charge in [0.05, 0.1) is 0 Å². The maximum absolute atomic E-state index is 14.5. The Hall–Kier alpha value is -4.39. The summed E-state index contributed by atoms with van der Waals surface area (Å²) >= 11 is 0. The number of nitrogens with zero attached hydrogens (tertiary/aromatic N) is 1. The van der Waals surface area contributed by atoms with Gasteiger partial charge in [0, 0.05) is 23.9 Å². The summed E-state index contributed by atoms with van der Waals surface area (Å²) in [5.74, 6) is 0.409. The lowest BCUT2D eigenvalue weighted by atomic mass is 9.86. The number of ether oxygens (including phenoxy) is 1. The Morgan fingerprint density at radius 1 is 1.16 bits per heavy atom. The van der Waals surface area contributed by atoms with E-state index in [1.54, 1.807) is 43.5 Å². The molecular weight excluding hydrogens is 481 g/mol. The lowest BCUT2D eigenvalue weighted by Crippen LogP contribution is -2.25. The number of halogens is 1. The number of aromatic hydroxyl groups is 1. The van der Waals surface area contributed by atoms with Gasteiger partial charge in [0.1, 0.15) is 17.7 Å². The molecular formula is C31H32FN3O3. The van der Waals surface area contributed by atoms with Crippen molar-refractivity contribution < 1.29 is 19.0 Å². The molecule has 1 unspecified atom stereocenters. The van der Waals surface area contributed by atoms with Gasteiger partial charge in [-0.3, -0.25) is 4.79 Å². The van der Waals surface area contributed by atoms with Crippen LogP contribution in [0.1, 0.15) is 43.1 Å². The van der Waals surface area contributed by atoms with Crippen LogP contribution in [0.2, 0.25) is 0 Å². The van der Waals surface area contributed by atoms with Crippen molar-refractivity contribution in [3.63, 3.8) is 0 Å². The van der Waals surface area contributed by atoms with Gasteiger partial charge in [0.15, 0.2) is 11.6 Å². The van der Waals surface area contributed by atoms with Crippen LogP contribution in [-0.2, 0) is 6.42 Å². The molecule has 0 fully saturated rings. The number of allylic oxidation sites excluding steroid dienone is 3. The van der Waals surface area contributed by atoms with E-state index in [1.807, 2.05) is 38.1 Å².